The Labute approximate surface area is 247 Å². The lowest BCUT2D eigenvalue weighted by Gasteiger charge is -2.32. The van der Waals surface area contributed by atoms with Gasteiger partial charge in [-0.3, -0.25) is 9.59 Å². The molecule has 41 heavy (non-hydrogen) atoms. The minimum Gasteiger partial charge on any atom is -0.493 e. The van der Waals surface area contributed by atoms with Crippen molar-refractivity contribution < 1.29 is 38.4 Å². The van der Waals surface area contributed by atoms with Crippen molar-refractivity contribution in [3.05, 3.63) is 59.7 Å². The summed E-state index contributed by atoms with van der Waals surface area (Å²) in [6.07, 6.45) is -0.368. The second-order valence-electron chi connectivity index (χ2n) is 9.64. The molecule has 0 aromatic heterocycles. The summed E-state index contributed by atoms with van der Waals surface area (Å²) < 4.78 is 28.0. The Morgan fingerprint density at radius 1 is 0.829 bits per heavy atom. The van der Waals surface area contributed by atoms with Crippen molar-refractivity contribution in [1.82, 2.24) is 5.32 Å². The number of hydrogen-bond donors (Lipinski definition) is 3. The number of carboxylic acids is 1. The zero-order valence-electron chi connectivity index (χ0n) is 24.0. The van der Waals surface area contributed by atoms with Crippen LogP contribution in [-0.4, -0.2) is 81.9 Å². The zero-order valence-corrected chi connectivity index (χ0v) is 24.8. The topological polar surface area (TPSA) is 139 Å². The van der Waals surface area contributed by atoms with E-state index >= 15 is 0 Å². The molecular formula is C30H42N2O8S. The van der Waals surface area contributed by atoms with Crippen LogP contribution < -0.4 is 20.5 Å². The minimum absolute atomic E-state index is 0.0215. The molecular weight excluding hydrogens is 548 g/mol. The van der Waals surface area contributed by atoms with Crippen LogP contribution in [0.15, 0.2) is 48.5 Å². The molecule has 0 saturated carbocycles. The number of amides is 1. The number of carbonyl (C=O) groups excluding carboxylic acids is 1. The molecule has 2 aromatic carbocycles. The van der Waals surface area contributed by atoms with E-state index < -0.39 is 29.6 Å². The van der Waals surface area contributed by atoms with E-state index in [9.17, 15) is 14.7 Å². The van der Waals surface area contributed by atoms with Gasteiger partial charge in [-0.25, -0.2) is 0 Å². The molecule has 2 rings (SSSR count). The van der Waals surface area contributed by atoms with Gasteiger partial charge in [-0.1, -0.05) is 47.6 Å². The maximum atomic E-state index is 12.4. The highest BCUT2D eigenvalue weighted by Crippen LogP contribution is 2.29. The highest BCUT2D eigenvalue weighted by molar-refractivity contribution is 7.80. The second-order valence-corrected chi connectivity index (χ2v) is 10.1. The van der Waals surface area contributed by atoms with E-state index in [0.29, 0.717) is 56.1 Å². The van der Waals surface area contributed by atoms with E-state index in [0.717, 1.165) is 11.1 Å². The SMILES string of the molecule is COCCOCCOCCNC(=S)[C@H](COc1ccc(C)cc1)C(COc1ccc(C)cc1)[C@@H](CC(N)=O)C(=O)O. The van der Waals surface area contributed by atoms with Crippen molar-refractivity contribution >= 4 is 29.1 Å². The maximum absolute atomic E-state index is 12.4. The average Bonchev–Trinajstić information content (AvgIpc) is 2.94. The summed E-state index contributed by atoms with van der Waals surface area (Å²) in [5.74, 6) is -3.21. The number of carboxylic acid groups (broad SMARTS) is 1. The summed E-state index contributed by atoms with van der Waals surface area (Å²) in [5.41, 5.74) is 7.59. The zero-order chi connectivity index (χ0) is 30.0. The van der Waals surface area contributed by atoms with Gasteiger partial charge in [0.15, 0.2) is 0 Å². The number of aryl methyl sites for hydroxylation is 2. The third kappa shape index (κ3) is 13.3. The predicted octanol–water partition coefficient (Wildman–Crippen LogP) is 3.17. The lowest BCUT2D eigenvalue weighted by Crippen LogP contribution is -2.45. The third-order valence-corrected chi connectivity index (χ3v) is 6.82. The number of nitrogens with one attached hydrogen (secondary N) is 1. The quantitative estimate of drug-likeness (QED) is 0.147. The Hall–Kier alpha value is -3.25. The lowest BCUT2D eigenvalue weighted by atomic mass is 9.80. The molecule has 0 aliphatic heterocycles. The van der Waals surface area contributed by atoms with Crippen LogP contribution in [0, 0.1) is 31.6 Å². The Bertz CT molecular complexity index is 1070. The Morgan fingerprint density at radius 2 is 1.34 bits per heavy atom. The molecule has 11 heteroatoms. The molecule has 4 N–H and O–H groups in total. The van der Waals surface area contributed by atoms with Crippen LogP contribution in [0.2, 0.25) is 0 Å². The van der Waals surface area contributed by atoms with Crippen LogP contribution in [0.5, 0.6) is 11.5 Å². The number of carbonyl (C=O) groups is 2. The number of hydrogen-bond acceptors (Lipinski definition) is 8. The van der Waals surface area contributed by atoms with Crippen molar-refractivity contribution in [3.63, 3.8) is 0 Å². The molecule has 0 fully saturated rings. The van der Waals surface area contributed by atoms with E-state index in [4.69, 9.17) is 41.6 Å². The minimum atomic E-state index is -1.17. The molecule has 1 amide bonds. The molecule has 0 spiro atoms. The molecule has 0 saturated heterocycles. The van der Waals surface area contributed by atoms with Crippen LogP contribution in [0.25, 0.3) is 0 Å². The molecule has 0 heterocycles. The fourth-order valence-corrected chi connectivity index (χ4v) is 4.38. The molecule has 1 unspecified atom stereocenters. The van der Waals surface area contributed by atoms with Crippen LogP contribution in [0.4, 0.5) is 0 Å². The predicted molar refractivity (Wildman–Crippen MR) is 159 cm³/mol. The van der Waals surface area contributed by atoms with E-state index in [1.54, 1.807) is 19.2 Å². The number of rotatable bonds is 21. The lowest BCUT2D eigenvalue weighted by molar-refractivity contribution is -0.147. The van der Waals surface area contributed by atoms with Gasteiger partial charge in [0.05, 0.1) is 63.1 Å². The standard InChI is InChI=1S/C30H42N2O8S/c1-21-4-8-23(9-5-21)39-19-26(25(30(34)35)18-28(31)33)27(20-40-24-10-6-22(2)7-11-24)29(41)32-12-13-37-16-17-38-15-14-36-3/h4-11,25-27H,12-20H2,1-3H3,(H2,31,33)(H,32,41)(H,34,35)/t25-,26?,27-/m1/s1. The summed E-state index contributed by atoms with van der Waals surface area (Å²) in [6.45, 7) is 6.57. The molecule has 0 aliphatic rings. The largest absolute Gasteiger partial charge is 0.493 e. The number of aliphatic carboxylic acids is 1. The van der Waals surface area contributed by atoms with E-state index in [-0.39, 0.29) is 19.6 Å². The Balaban J connectivity index is 2.18. The number of thiocarbonyl (C=S) groups is 1. The van der Waals surface area contributed by atoms with Gasteiger partial charge in [-0.15, -0.1) is 0 Å². The van der Waals surface area contributed by atoms with Crippen molar-refractivity contribution in [3.8, 4) is 11.5 Å². The molecule has 0 bridgehead atoms. The molecule has 10 nitrogen and oxygen atoms in total. The number of methoxy groups -OCH3 is 1. The van der Waals surface area contributed by atoms with Gasteiger partial charge in [0.2, 0.25) is 5.91 Å². The van der Waals surface area contributed by atoms with Crippen LogP contribution >= 0.6 is 12.2 Å². The second kappa shape index (κ2) is 19.0. The number of nitrogens with two attached hydrogens (primary N) is 1. The number of benzene rings is 2. The van der Waals surface area contributed by atoms with Gasteiger partial charge in [-0.05, 0) is 38.1 Å². The molecule has 0 radical (unpaired) electrons. The fourth-order valence-electron chi connectivity index (χ4n) is 4.03. The monoisotopic (exact) mass is 590 g/mol. The Morgan fingerprint density at radius 3 is 1.85 bits per heavy atom. The van der Waals surface area contributed by atoms with Gasteiger partial charge in [-0.2, -0.15) is 0 Å². The van der Waals surface area contributed by atoms with Gasteiger partial charge >= 0.3 is 5.97 Å². The van der Waals surface area contributed by atoms with Gasteiger partial charge < -0.3 is 39.8 Å². The summed E-state index contributed by atoms with van der Waals surface area (Å²) in [4.78, 5) is 24.7. The van der Waals surface area contributed by atoms with Crippen molar-refractivity contribution in [2.75, 3.05) is 59.9 Å². The summed E-state index contributed by atoms with van der Waals surface area (Å²) in [6, 6.07) is 14.9. The van der Waals surface area contributed by atoms with Gasteiger partial charge in [0.25, 0.3) is 0 Å². The van der Waals surface area contributed by atoms with Gasteiger partial charge in [0, 0.05) is 26.0 Å². The molecule has 0 aliphatic carbocycles. The number of primary amides is 1. The Kier molecular flexibility index (Phi) is 15.7. The molecule has 226 valence electrons. The summed E-state index contributed by atoms with van der Waals surface area (Å²) >= 11 is 5.75. The summed E-state index contributed by atoms with van der Waals surface area (Å²) in [7, 11) is 1.61. The van der Waals surface area contributed by atoms with Crippen molar-refractivity contribution in [2.24, 2.45) is 23.5 Å². The normalized spacial score (nSPS) is 13.1. The van der Waals surface area contributed by atoms with Crippen LogP contribution in [0.1, 0.15) is 17.5 Å². The maximum Gasteiger partial charge on any atom is 0.307 e. The average molecular weight is 591 g/mol. The van der Waals surface area contributed by atoms with E-state index in [1.807, 2.05) is 50.2 Å². The van der Waals surface area contributed by atoms with Crippen molar-refractivity contribution in [2.45, 2.75) is 20.3 Å². The van der Waals surface area contributed by atoms with Gasteiger partial charge in [0.1, 0.15) is 11.5 Å². The fraction of sp³-hybridized carbons (Fsp3) is 0.500. The van der Waals surface area contributed by atoms with Crippen LogP contribution in [0.3, 0.4) is 0 Å². The van der Waals surface area contributed by atoms with E-state index in [2.05, 4.69) is 5.32 Å². The molecule has 2 aromatic rings. The third-order valence-electron chi connectivity index (χ3n) is 6.37. The summed E-state index contributed by atoms with van der Waals surface area (Å²) in [5, 5.41) is 13.3. The highest BCUT2D eigenvalue weighted by Gasteiger charge is 2.38. The first-order valence-corrected chi connectivity index (χ1v) is 13.9. The number of ether oxygens (including phenoxy) is 5. The van der Waals surface area contributed by atoms with Crippen molar-refractivity contribution in [1.29, 1.82) is 0 Å². The van der Waals surface area contributed by atoms with Crippen LogP contribution in [-0.2, 0) is 23.8 Å². The highest BCUT2D eigenvalue weighted by atomic mass is 32.1. The smallest absolute Gasteiger partial charge is 0.307 e. The first-order chi connectivity index (χ1) is 19.7. The molecule has 3 atom stereocenters. The first-order valence-electron chi connectivity index (χ1n) is 13.5. The first kappa shape index (κ1) is 34.0. The van der Waals surface area contributed by atoms with E-state index in [1.165, 1.54) is 0 Å².